The Balaban J connectivity index is 1.71. The SMILES string of the molecule is CC1CCCN(CC(=O)NC(c2ccccc2)c2ccccc2)C1. The number of rotatable bonds is 5. The van der Waals surface area contributed by atoms with Crippen LogP contribution in [0, 0.1) is 5.92 Å². The molecule has 0 spiro atoms. The summed E-state index contributed by atoms with van der Waals surface area (Å²) in [6.07, 6.45) is 2.46. The zero-order chi connectivity index (χ0) is 16.8. The fourth-order valence-corrected chi connectivity index (χ4v) is 3.49. The minimum atomic E-state index is -0.0953. The van der Waals surface area contributed by atoms with Crippen LogP contribution in [0.5, 0.6) is 0 Å². The first-order valence-electron chi connectivity index (χ1n) is 8.84. The van der Waals surface area contributed by atoms with Crippen LogP contribution in [0.4, 0.5) is 0 Å². The molecule has 1 fully saturated rings. The summed E-state index contributed by atoms with van der Waals surface area (Å²) in [5, 5.41) is 3.23. The van der Waals surface area contributed by atoms with Crippen LogP contribution in [0.1, 0.15) is 36.9 Å². The Bertz CT molecular complexity index is 602. The van der Waals surface area contributed by atoms with Crippen molar-refractivity contribution < 1.29 is 4.79 Å². The highest BCUT2D eigenvalue weighted by Gasteiger charge is 2.21. The highest BCUT2D eigenvalue weighted by atomic mass is 16.2. The van der Waals surface area contributed by atoms with Gasteiger partial charge in [-0.3, -0.25) is 9.69 Å². The first kappa shape index (κ1) is 16.7. The molecule has 1 amide bonds. The van der Waals surface area contributed by atoms with Gasteiger partial charge in [0.05, 0.1) is 12.6 Å². The van der Waals surface area contributed by atoms with Gasteiger partial charge in [-0.05, 0) is 36.4 Å². The fraction of sp³-hybridized carbons (Fsp3) is 0.381. The van der Waals surface area contributed by atoms with Crippen molar-refractivity contribution in [3.05, 3.63) is 71.8 Å². The highest BCUT2D eigenvalue weighted by molar-refractivity contribution is 5.79. The summed E-state index contributed by atoms with van der Waals surface area (Å²) in [7, 11) is 0. The van der Waals surface area contributed by atoms with E-state index in [-0.39, 0.29) is 11.9 Å². The minimum Gasteiger partial charge on any atom is -0.344 e. The van der Waals surface area contributed by atoms with Gasteiger partial charge in [0, 0.05) is 6.54 Å². The smallest absolute Gasteiger partial charge is 0.234 e. The van der Waals surface area contributed by atoms with Crippen LogP contribution < -0.4 is 5.32 Å². The molecule has 126 valence electrons. The van der Waals surface area contributed by atoms with Crippen LogP contribution in [-0.4, -0.2) is 30.4 Å². The summed E-state index contributed by atoms with van der Waals surface area (Å²) in [5.74, 6) is 0.785. The molecule has 0 bridgehead atoms. The fourth-order valence-electron chi connectivity index (χ4n) is 3.49. The number of amides is 1. The molecule has 3 heteroatoms. The maximum Gasteiger partial charge on any atom is 0.234 e. The van der Waals surface area contributed by atoms with Crippen molar-refractivity contribution >= 4 is 5.91 Å². The number of nitrogens with one attached hydrogen (secondary N) is 1. The monoisotopic (exact) mass is 322 g/mol. The Kier molecular flexibility index (Phi) is 5.65. The number of nitrogens with zero attached hydrogens (tertiary/aromatic N) is 1. The molecule has 0 aromatic heterocycles. The summed E-state index contributed by atoms with van der Waals surface area (Å²) in [5.41, 5.74) is 2.23. The maximum absolute atomic E-state index is 12.6. The van der Waals surface area contributed by atoms with E-state index in [9.17, 15) is 4.79 Å². The molecule has 2 aromatic carbocycles. The van der Waals surface area contributed by atoms with Gasteiger partial charge in [-0.15, -0.1) is 0 Å². The quantitative estimate of drug-likeness (QED) is 0.912. The van der Waals surface area contributed by atoms with Crippen molar-refractivity contribution in [1.82, 2.24) is 10.2 Å². The molecule has 0 radical (unpaired) electrons. The van der Waals surface area contributed by atoms with Crippen LogP contribution in [0.25, 0.3) is 0 Å². The lowest BCUT2D eigenvalue weighted by molar-refractivity contribution is -0.123. The normalized spacial score (nSPS) is 18.5. The number of benzene rings is 2. The van der Waals surface area contributed by atoms with Crippen LogP contribution in [0.3, 0.4) is 0 Å². The first-order valence-corrected chi connectivity index (χ1v) is 8.84. The third-order valence-electron chi connectivity index (χ3n) is 4.68. The summed E-state index contributed by atoms with van der Waals surface area (Å²) in [4.78, 5) is 14.9. The molecule has 2 aromatic rings. The second-order valence-corrected chi connectivity index (χ2v) is 6.80. The van der Waals surface area contributed by atoms with Crippen molar-refractivity contribution in [3.8, 4) is 0 Å². The molecule has 3 nitrogen and oxygen atoms in total. The average molecular weight is 322 g/mol. The Labute approximate surface area is 144 Å². The van der Waals surface area contributed by atoms with E-state index >= 15 is 0 Å². The van der Waals surface area contributed by atoms with Gasteiger partial charge in [-0.25, -0.2) is 0 Å². The molecule has 1 heterocycles. The molecule has 1 aliphatic heterocycles. The zero-order valence-corrected chi connectivity index (χ0v) is 14.3. The molecule has 1 N–H and O–H groups in total. The lowest BCUT2D eigenvalue weighted by atomic mass is 9.98. The predicted octanol–water partition coefficient (Wildman–Crippen LogP) is 3.62. The number of piperidine rings is 1. The summed E-state index contributed by atoms with van der Waals surface area (Å²) < 4.78 is 0. The van der Waals surface area contributed by atoms with Gasteiger partial charge < -0.3 is 5.32 Å². The maximum atomic E-state index is 12.6. The second kappa shape index (κ2) is 8.11. The number of carbonyl (C=O) groups is 1. The van der Waals surface area contributed by atoms with E-state index in [4.69, 9.17) is 0 Å². The van der Waals surface area contributed by atoms with Crippen molar-refractivity contribution in [2.75, 3.05) is 19.6 Å². The van der Waals surface area contributed by atoms with Crippen LogP contribution >= 0.6 is 0 Å². The van der Waals surface area contributed by atoms with E-state index in [0.29, 0.717) is 12.5 Å². The number of carbonyl (C=O) groups excluding carboxylic acids is 1. The predicted molar refractivity (Wildman–Crippen MR) is 97.7 cm³/mol. The topological polar surface area (TPSA) is 32.3 Å². The Hall–Kier alpha value is -2.13. The van der Waals surface area contributed by atoms with E-state index in [2.05, 4.69) is 41.4 Å². The zero-order valence-electron chi connectivity index (χ0n) is 14.3. The molecule has 24 heavy (non-hydrogen) atoms. The van der Waals surface area contributed by atoms with E-state index in [0.717, 1.165) is 24.2 Å². The summed E-state index contributed by atoms with van der Waals surface area (Å²) >= 11 is 0. The van der Waals surface area contributed by atoms with E-state index in [1.54, 1.807) is 0 Å². The van der Waals surface area contributed by atoms with Gasteiger partial charge in [0.2, 0.25) is 5.91 Å². The summed E-state index contributed by atoms with van der Waals surface area (Å²) in [6.45, 7) is 4.80. The Morgan fingerprint density at radius 2 is 1.67 bits per heavy atom. The molecule has 1 atom stereocenters. The average Bonchev–Trinajstić information content (AvgIpc) is 2.61. The second-order valence-electron chi connectivity index (χ2n) is 6.80. The molecule has 0 saturated carbocycles. The van der Waals surface area contributed by atoms with E-state index < -0.39 is 0 Å². The largest absolute Gasteiger partial charge is 0.344 e. The molecular formula is C21H26N2O. The molecule has 0 aliphatic carbocycles. The van der Waals surface area contributed by atoms with Crippen molar-refractivity contribution in [1.29, 1.82) is 0 Å². The molecule has 3 rings (SSSR count). The number of hydrogen-bond acceptors (Lipinski definition) is 2. The highest BCUT2D eigenvalue weighted by Crippen LogP contribution is 2.22. The molecule has 1 aliphatic rings. The molecule has 1 unspecified atom stereocenters. The van der Waals surface area contributed by atoms with Gasteiger partial charge in [-0.1, -0.05) is 67.6 Å². The Morgan fingerprint density at radius 1 is 1.08 bits per heavy atom. The minimum absolute atomic E-state index is 0.0953. The van der Waals surface area contributed by atoms with Gasteiger partial charge in [0.1, 0.15) is 0 Å². The van der Waals surface area contributed by atoms with Crippen LogP contribution in [0.15, 0.2) is 60.7 Å². The van der Waals surface area contributed by atoms with Gasteiger partial charge in [0.25, 0.3) is 0 Å². The number of likely N-dealkylation sites (tertiary alicyclic amines) is 1. The van der Waals surface area contributed by atoms with Gasteiger partial charge in [-0.2, -0.15) is 0 Å². The van der Waals surface area contributed by atoms with E-state index in [1.165, 1.54) is 12.8 Å². The first-order chi connectivity index (χ1) is 11.7. The lowest BCUT2D eigenvalue weighted by Gasteiger charge is -2.31. The summed E-state index contributed by atoms with van der Waals surface area (Å²) in [6, 6.07) is 20.3. The van der Waals surface area contributed by atoms with Crippen LogP contribution in [0.2, 0.25) is 0 Å². The van der Waals surface area contributed by atoms with Crippen LogP contribution in [-0.2, 0) is 4.79 Å². The third kappa shape index (κ3) is 4.45. The van der Waals surface area contributed by atoms with E-state index in [1.807, 2.05) is 36.4 Å². The Morgan fingerprint density at radius 3 is 2.21 bits per heavy atom. The van der Waals surface area contributed by atoms with Crippen molar-refractivity contribution in [2.24, 2.45) is 5.92 Å². The third-order valence-corrected chi connectivity index (χ3v) is 4.68. The standard InChI is InChI=1S/C21H26N2O/c1-17-9-8-14-23(15-17)16-20(24)22-21(18-10-4-2-5-11-18)19-12-6-3-7-13-19/h2-7,10-13,17,21H,8-9,14-16H2,1H3,(H,22,24). The number of hydrogen-bond donors (Lipinski definition) is 1. The van der Waals surface area contributed by atoms with Crippen molar-refractivity contribution in [3.63, 3.8) is 0 Å². The van der Waals surface area contributed by atoms with Gasteiger partial charge >= 0.3 is 0 Å². The van der Waals surface area contributed by atoms with Gasteiger partial charge in [0.15, 0.2) is 0 Å². The molecule has 1 saturated heterocycles. The van der Waals surface area contributed by atoms with Crippen molar-refractivity contribution in [2.45, 2.75) is 25.8 Å². The molecular weight excluding hydrogens is 296 g/mol. The lowest BCUT2D eigenvalue weighted by Crippen LogP contribution is -2.43.